The smallest absolute Gasteiger partial charge is 0.255 e. The van der Waals surface area contributed by atoms with Gasteiger partial charge in [-0.15, -0.1) is 0 Å². The standard InChI is InChI=1S/C23H18Cl2N2O2/c1-12-8-14(3)21-20(9-12)27-23(29-21)16-5-4-13(2)19(11-16)26-22(28)15-6-7-17(24)18(25)10-15/h4-11H,1-3H3,(H,26,28). The minimum Gasteiger partial charge on any atom is -0.436 e. The number of rotatable bonds is 3. The molecular weight excluding hydrogens is 407 g/mol. The van der Waals surface area contributed by atoms with Gasteiger partial charge in [-0.1, -0.05) is 35.3 Å². The molecule has 3 aromatic carbocycles. The van der Waals surface area contributed by atoms with Crippen molar-refractivity contribution in [3.05, 3.63) is 80.8 Å². The first-order chi connectivity index (χ1) is 13.8. The summed E-state index contributed by atoms with van der Waals surface area (Å²) in [6.07, 6.45) is 0. The molecule has 1 heterocycles. The summed E-state index contributed by atoms with van der Waals surface area (Å²) in [5.74, 6) is 0.242. The Morgan fingerprint density at radius 3 is 2.48 bits per heavy atom. The minimum absolute atomic E-state index is 0.271. The van der Waals surface area contributed by atoms with Gasteiger partial charge in [0.2, 0.25) is 5.89 Å². The van der Waals surface area contributed by atoms with Crippen molar-refractivity contribution in [2.24, 2.45) is 0 Å². The van der Waals surface area contributed by atoms with Crippen molar-refractivity contribution in [2.45, 2.75) is 20.8 Å². The number of hydrogen-bond acceptors (Lipinski definition) is 3. The fourth-order valence-corrected chi connectivity index (χ4v) is 3.52. The summed E-state index contributed by atoms with van der Waals surface area (Å²) >= 11 is 12.0. The maximum absolute atomic E-state index is 12.6. The van der Waals surface area contributed by atoms with E-state index in [0.29, 0.717) is 27.2 Å². The maximum atomic E-state index is 12.6. The normalized spacial score (nSPS) is 11.1. The van der Waals surface area contributed by atoms with Gasteiger partial charge in [-0.25, -0.2) is 4.98 Å². The maximum Gasteiger partial charge on any atom is 0.255 e. The van der Waals surface area contributed by atoms with Crippen molar-refractivity contribution < 1.29 is 9.21 Å². The molecule has 0 radical (unpaired) electrons. The molecule has 0 bridgehead atoms. The molecule has 4 nitrogen and oxygen atoms in total. The lowest BCUT2D eigenvalue weighted by Crippen LogP contribution is -2.12. The van der Waals surface area contributed by atoms with Gasteiger partial charge in [0.15, 0.2) is 5.58 Å². The van der Waals surface area contributed by atoms with Crippen LogP contribution in [0.2, 0.25) is 10.0 Å². The third-order valence-corrected chi connectivity index (χ3v) is 5.47. The molecule has 4 rings (SSSR count). The molecule has 1 aromatic heterocycles. The second-order valence-corrected chi connectivity index (χ2v) is 7.88. The van der Waals surface area contributed by atoms with Gasteiger partial charge >= 0.3 is 0 Å². The predicted molar refractivity (Wildman–Crippen MR) is 118 cm³/mol. The summed E-state index contributed by atoms with van der Waals surface area (Å²) in [4.78, 5) is 17.3. The number of nitrogens with one attached hydrogen (secondary N) is 1. The number of nitrogens with zero attached hydrogens (tertiary/aromatic N) is 1. The SMILES string of the molecule is Cc1cc(C)c2oc(-c3ccc(C)c(NC(=O)c4ccc(Cl)c(Cl)c4)c3)nc2c1. The van der Waals surface area contributed by atoms with Gasteiger partial charge in [0.25, 0.3) is 5.91 Å². The van der Waals surface area contributed by atoms with Crippen LogP contribution in [0.5, 0.6) is 0 Å². The van der Waals surface area contributed by atoms with Crippen LogP contribution in [0.15, 0.2) is 52.9 Å². The number of aryl methyl sites for hydroxylation is 3. The van der Waals surface area contributed by atoms with Crippen LogP contribution in [0.3, 0.4) is 0 Å². The lowest BCUT2D eigenvalue weighted by atomic mass is 10.1. The lowest BCUT2D eigenvalue weighted by Gasteiger charge is -2.10. The number of aromatic nitrogens is 1. The average Bonchev–Trinajstić information content (AvgIpc) is 3.10. The second-order valence-electron chi connectivity index (χ2n) is 7.06. The van der Waals surface area contributed by atoms with Gasteiger partial charge in [0.1, 0.15) is 5.52 Å². The van der Waals surface area contributed by atoms with E-state index in [1.807, 2.05) is 45.0 Å². The van der Waals surface area contributed by atoms with Gasteiger partial charge in [-0.2, -0.15) is 0 Å². The molecular formula is C23H18Cl2N2O2. The molecule has 0 aliphatic heterocycles. The third-order valence-electron chi connectivity index (χ3n) is 4.73. The largest absolute Gasteiger partial charge is 0.436 e. The van der Waals surface area contributed by atoms with E-state index in [9.17, 15) is 4.79 Å². The van der Waals surface area contributed by atoms with E-state index >= 15 is 0 Å². The van der Waals surface area contributed by atoms with Crippen LogP contribution in [0.4, 0.5) is 5.69 Å². The van der Waals surface area contributed by atoms with E-state index in [1.165, 1.54) is 0 Å². The van der Waals surface area contributed by atoms with Crippen LogP contribution in [0.1, 0.15) is 27.0 Å². The van der Waals surface area contributed by atoms with Gasteiger partial charge in [-0.3, -0.25) is 4.79 Å². The Morgan fingerprint density at radius 2 is 1.72 bits per heavy atom. The van der Waals surface area contributed by atoms with E-state index in [2.05, 4.69) is 16.4 Å². The number of benzene rings is 3. The average molecular weight is 425 g/mol. The van der Waals surface area contributed by atoms with Crippen molar-refractivity contribution >= 4 is 45.9 Å². The van der Waals surface area contributed by atoms with E-state index in [4.69, 9.17) is 27.6 Å². The first-order valence-electron chi connectivity index (χ1n) is 9.07. The lowest BCUT2D eigenvalue weighted by molar-refractivity contribution is 0.102. The number of halogens is 2. The van der Waals surface area contributed by atoms with Crippen molar-refractivity contribution in [1.29, 1.82) is 0 Å². The summed E-state index contributed by atoms with van der Waals surface area (Å²) in [6, 6.07) is 14.6. The fraction of sp³-hybridized carbons (Fsp3) is 0.130. The first-order valence-corrected chi connectivity index (χ1v) is 9.82. The van der Waals surface area contributed by atoms with Crippen LogP contribution < -0.4 is 5.32 Å². The van der Waals surface area contributed by atoms with Gasteiger partial charge in [-0.05, 0) is 73.9 Å². The van der Waals surface area contributed by atoms with Crippen molar-refractivity contribution in [3.63, 3.8) is 0 Å². The highest BCUT2D eigenvalue weighted by atomic mass is 35.5. The van der Waals surface area contributed by atoms with Crippen LogP contribution in [-0.2, 0) is 0 Å². The molecule has 6 heteroatoms. The summed E-state index contributed by atoms with van der Waals surface area (Å²) in [5.41, 5.74) is 6.57. The molecule has 1 amide bonds. The van der Waals surface area contributed by atoms with E-state index in [0.717, 1.165) is 33.4 Å². The number of carbonyl (C=O) groups is 1. The molecule has 0 unspecified atom stereocenters. The molecule has 29 heavy (non-hydrogen) atoms. The second kappa shape index (κ2) is 7.54. The van der Waals surface area contributed by atoms with Crippen molar-refractivity contribution in [1.82, 2.24) is 4.98 Å². The number of oxazole rings is 1. The number of anilines is 1. The van der Waals surface area contributed by atoms with E-state index in [-0.39, 0.29) is 5.91 Å². The quantitative estimate of drug-likeness (QED) is 0.385. The van der Waals surface area contributed by atoms with Crippen molar-refractivity contribution in [2.75, 3.05) is 5.32 Å². The molecule has 0 atom stereocenters. The molecule has 146 valence electrons. The molecule has 1 N–H and O–H groups in total. The topological polar surface area (TPSA) is 55.1 Å². The molecule has 0 aliphatic carbocycles. The minimum atomic E-state index is -0.271. The Hall–Kier alpha value is -2.82. The highest BCUT2D eigenvalue weighted by Crippen LogP contribution is 2.30. The number of hydrogen-bond donors (Lipinski definition) is 1. The van der Waals surface area contributed by atoms with Gasteiger partial charge in [0.05, 0.1) is 10.0 Å². The highest BCUT2D eigenvalue weighted by molar-refractivity contribution is 6.42. The van der Waals surface area contributed by atoms with Crippen LogP contribution in [-0.4, -0.2) is 10.9 Å². The summed E-state index contributed by atoms with van der Waals surface area (Å²) < 4.78 is 6.00. The highest BCUT2D eigenvalue weighted by Gasteiger charge is 2.14. The summed E-state index contributed by atoms with van der Waals surface area (Å²) in [7, 11) is 0. The predicted octanol–water partition coefficient (Wildman–Crippen LogP) is 6.98. The van der Waals surface area contributed by atoms with Gasteiger partial charge < -0.3 is 9.73 Å². The molecule has 0 saturated heterocycles. The van der Waals surface area contributed by atoms with Crippen molar-refractivity contribution in [3.8, 4) is 11.5 Å². The number of amides is 1. The van der Waals surface area contributed by atoms with E-state index in [1.54, 1.807) is 18.2 Å². The van der Waals surface area contributed by atoms with Crippen LogP contribution >= 0.6 is 23.2 Å². The van der Waals surface area contributed by atoms with Crippen LogP contribution in [0.25, 0.3) is 22.6 Å². The first kappa shape index (κ1) is 19.5. The molecule has 0 aliphatic rings. The number of fused-ring (bicyclic) bond motifs is 1. The Morgan fingerprint density at radius 1 is 0.931 bits per heavy atom. The fourth-order valence-electron chi connectivity index (χ4n) is 3.22. The van der Waals surface area contributed by atoms with E-state index < -0.39 is 0 Å². The molecule has 4 aromatic rings. The zero-order valence-electron chi connectivity index (χ0n) is 16.1. The number of carbonyl (C=O) groups excluding carboxylic acids is 1. The Balaban J connectivity index is 1.68. The van der Waals surface area contributed by atoms with Crippen LogP contribution in [0, 0.1) is 20.8 Å². The summed E-state index contributed by atoms with van der Waals surface area (Å²) in [6.45, 7) is 5.96. The Bertz CT molecular complexity index is 1260. The zero-order chi connectivity index (χ0) is 20.7. The molecule has 0 fully saturated rings. The molecule has 0 saturated carbocycles. The monoisotopic (exact) mass is 424 g/mol. The summed E-state index contributed by atoms with van der Waals surface area (Å²) in [5, 5.41) is 3.67. The third kappa shape index (κ3) is 3.86. The Kier molecular flexibility index (Phi) is 5.07. The zero-order valence-corrected chi connectivity index (χ0v) is 17.7. The molecule has 0 spiro atoms. The van der Waals surface area contributed by atoms with Gasteiger partial charge in [0, 0.05) is 16.8 Å². The Labute approximate surface area is 178 Å².